The van der Waals surface area contributed by atoms with Crippen molar-refractivity contribution < 1.29 is 19.0 Å². The number of amidine groups is 1. The summed E-state index contributed by atoms with van der Waals surface area (Å²) in [6.45, 7) is 2.07. The summed E-state index contributed by atoms with van der Waals surface area (Å²) < 4.78 is 18.1. The van der Waals surface area contributed by atoms with Crippen LogP contribution in [0.25, 0.3) is 5.82 Å². The quantitative estimate of drug-likeness (QED) is 0.155. The van der Waals surface area contributed by atoms with E-state index in [-0.39, 0.29) is 24.2 Å². The van der Waals surface area contributed by atoms with Gasteiger partial charge in [0.1, 0.15) is 11.7 Å². The highest BCUT2D eigenvalue weighted by atomic mass is 16.5. The number of methoxy groups -OCH3 is 1. The fourth-order valence-electron chi connectivity index (χ4n) is 4.11. The molecular weight excluding hydrogens is 514 g/mol. The molecule has 5 N–H and O–H groups in total. The molecule has 0 saturated heterocycles. The van der Waals surface area contributed by atoms with Gasteiger partial charge in [-0.25, -0.2) is 9.78 Å². The summed E-state index contributed by atoms with van der Waals surface area (Å²) in [4.78, 5) is 31.9. The first kappa shape index (κ1) is 27.9. The second kappa shape index (κ2) is 12.6. The highest BCUT2D eigenvalue weighted by Gasteiger charge is 2.24. The van der Waals surface area contributed by atoms with Gasteiger partial charge in [0.2, 0.25) is 5.82 Å². The monoisotopic (exact) mass is 545 g/mol. The summed E-state index contributed by atoms with van der Waals surface area (Å²) in [7, 11) is 3.03. The molecule has 0 bridgehead atoms. The van der Waals surface area contributed by atoms with Crippen LogP contribution in [0.3, 0.4) is 0 Å². The third-order valence-electron chi connectivity index (χ3n) is 6.15. The molecule has 40 heavy (non-hydrogen) atoms. The molecule has 1 amide bonds. The Labute approximate surface area is 230 Å². The smallest absolute Gasteiger partial charge is 0.349 e. The van der Waals surface area contributed by atoms with Crippen LogP contribution >= 0.6 is 0 Å². The van der Waals surface area contributed by atoms with Crippen molar-refractivity contribution in [3.8, 4) is 23.1 Å². The molecule has 1 unspecified atom stereocenters. The number of likely N-dealkylation sites (N-methyl/N-ethyl adjacent to an activating group) is 1. The van der Waals surface area contributed by atoms with E-state index in [9.17, 15) is 9.59 Å². The molecule has 0 aliphatic carbocycles. The van der Waals surface area contributed by atoms with Crippen molar-refractivity contribution >= 4 is 11.7 Å². The highest BCUT2D eigenvalue weighted by Crippen LogP contribution is 2.35. The number of pyridine rings is 1. The molecule has 0 saturated carbocycles. The van der Waals surface area contributed by atoms with E-state index >= 15 is 0 Å². The summed E-state index contributed by atoms with van der Waals surface area (Å²) >= 11 is 0. The van der Waals surface area contributed by atoms with Crippen molar-refractivity contribution in [3.63, 3.8) is 0 Å². The zero-order valence-electron chi connectivity index (χ0n) is 22.4. The lowest BCUT2D eigenvalue weighted by atomic mass is 9.90. The fraction of sp³-hybridized carbons (Fsp3) is 0.250. The summed E-state index contributed by atoms with van der Waals surface area (Å²) in [5.41, 5.74) is 7.48. The number of amides is 1. The molecule has 0 aliphatic heterocycles. The van der Waals surface area contributed by atoms with Crippen LogP contribution in [0.15, 0.2) is 65.6 Å². The second-order valence-electron chi connectivity index (χ2n) is 8.72. The SMILES string of the molecule is CCOc1cc(C(Cc2ccc(C(=N)N)cc2)c2nn(-c3ncccc3OC)c(=O)[nH]2)ccc1OCC(=O)NC. The Morgan fingerprint density at radius 2 is 1.90 bits per heavy atom. The van der Waals surface area contributed by atoms with Crippen LogP contribution in [0.2, 0.25) is 0 Å². The average molecular weight is 546 g/mol. The van der Waals surface area contributed by atoms with E-state index in [1.54, 1.807) is 36.5 Å². The number of nitrogens with two attached hydrogens (primary N) is 1. The molecule has 0 aliphatic rings. The lowest BCUT2D eigenvalue weighted by Gasteiger charge is -2.18. The standard InChI is InChI=1S/C28H31N7O5/c1-4-39-23-15-19(11-12-21(23)40-16-24(36)31-2)20(14-17-7-9-18(10-8-17)25(29)30)26-33-28(37)35(34-26)27-22(38-3)6-5-13-32-27/h5-13,15,20H,4,14,16H2,1-3H3,(H3,29,30)(H,31,36)(H,33,34,37). The number of hydrogen-bond acceptors (Lipinski definition) is 8. The molecule has 2 aromatic carbocycles. The van der Waals surface area contributed by atoms with Gasteiger partial charge >= 0.3 is 5.69 Å². The van der Waals surface area contributed by atoms with E-state index in [4.69, 9.17) is 25.4 Å². The summed E-state index contributed by atoms with van der Waals surface area (Å²) in [5.74, 6) is 1.21. The molecule has 208 valence electrons. The number of nitrogen functional groups attached to an aromatic ring is 1. The average Bonchev–Trinajstić information content (AvgIpc) is 3.36. The Bertz CT molecular complexity index is 1550. The van der Waals surface area contributed by atoms with Crippen LogP contribution in [0.1, 0.15) is 35.4 Å². The highest BCUT2D eigenvalue weighted by molar-refractivity contribution is 5.94. The van der Waals surface area contributed by atoms with Crippen LogP contribution in [0, 0.1) is 5.41 Å². The van der Waals surface area contributed by atoms with Gasteiger partial charge in [0, 0.05) is 24.7 Å². The molecule has 4 rings (SSSR count). The molecule has 0 fully saturated rings. The van der Waals surface area contributed by atoms with Crippen LogP contribution < -0.4 is 31.0 Å². The van der Waals surface area contributed by atoms with Crippen LogP contribution in [0.5, 0.6) is 17.2 Å². The number of rotatable bonds is 12. The minimum atomic E-state index is -0.473. The number of hydrogen-bond donors (Lipinski definition) is 4. The number of H-pyrrole nitrogens is 1. The first-order chi connectivity index (χ1) is 19.3. The van der Waals surface area contributed by atoms with Crippen molar-refractivity contribution in [1.29, 1.82) is 5.41 Å². The lowest BCUT2D eigenvalue weighted by molar-refractivity contribution is -0.122. The molecule has 4 aromatic rings. The normalized spacial score (nSPS) is 11.5. The van der Waals surface area contributed by atoms with Gasteiger partial charge in [-0.05, 0) is 48.7 Å². The Balaban J connectivity index is 1.78. The van der Waals surface area contributed by atoms with Crippen molar-refractivity contribution in [2.75, 3.05) is 27.4 Å². The number of aromatic amines is 1. The minimum absolute atomic E-state index is 0.0239. The third kappa shape index (κ3) is 6.29. The van der Waals surface area contributed by atoms with E-state index in [2.05, 4.69) is 20.4 Å². The Kier molecular flexibility index (Phi) is 8.79. The maximum atomic E-state index is 13.0. The molecule has 12 nitrogen and oxygen atoms in total. The predicted molar refractivity (Wildman–Crippen MR) is 149 cm³/mol. The number of carbonyl (C=O) groups is 1. The molecule has 2 heterocycles. The lowest BCUT2D eigenvalue weighted by Crippen LogP contribution is -2.25. The largest absolute Gasteiger partial charge is 0.493 e. The van der Waals surface area contributed by atoms with Gasteiger partial charge < -0.3 is 25.3 Å². The Morgan fingerprint density at radius 3 is 2.58 bits per heavy atom. The third-order valence-corrected chi connectivity index (χ3v) is 6.15. The van der Waals surface area contributed by atoms with E-state index in [1.807, 2.05) is 31.2 Å². The van der Waals surface area contributed by atoms with Gasteiger partial charge in [-0.3, -0.25) is 15.2 Å². The molecule has 0 radical (unpaired) electrons. The number of ether oxygens (including phenoxy) is 3. The number of benzene rings is 2. The number of nitrogens with zero attached hydrogens (tertiary/aromatic N) is 3. The Morgan fingerprint density at radius 1 is 1.12 bits per heavy atom. The first-order valence-electron chi connectivity index (χ1n) is 12.6. The molecule has 2 aromatic heterocycles. The van der Waals surface area contributed by atoms with Gasteiger partial charge in [0.05, 0.1) is 13.7 Å². The van der Waals surface area contributed by atoms with Crippen molar-refractivity contribution in [2.45, 2.75) is 19.3 Å². The van der Waals surface area contributed by atoms with Crippen LogP contribution in [-0.2, 0) is 11.2 Å². The molecule has 1 atom stereocenters. The van der Waals surface area contributed by atoms with Gasteiger partial charge in [-0.1, -0.05) is 30.3 Å². The number of aromatic nitrogens is 4. The zero-order valence-corrected chi connectivity index (χ0v) is 22.4. The molecule has 0 spiro atoms. The van der Waals surface area contributed by atoms with Gasteiger partial charge in [0.25, 0.3) is 5.91 Å². The summed E-state index contributed by atoms with van der Waals surface area (Å²) in [6, 6.07) is 16.1. The van der Waals surface area contributed by atoms with Gasteiger partial charge in [-0.15, -0.1) is 5.10 Å². The maximum Gasteiger partial charge on any atom is 0.349 e. The Hall–Kier alpha value is -5.13. The number of nitrogens with one attached hydrogen (secondary N) is 3. The number of carbonyl (C=O) groups excluding carboxylic acids is 1. The van der Waals surface area contributed by atoms with Gasteiger partial charge in [0.15, 0.2) is 23.9 Å². The van der Waals surface area contributed by atoms with Crippen LogP contribution in [-0.4, -0.2) is 58.9 Å². The summed E-state index contributed by atoms with van der Waals surface area (Å²) in [6.07, 6.45) is 2.01. The van der Waals surface area contributed by atoms with Crippen molar-refractivity contribution in [3.05, 3.63) is 93.8 Å². The van der Waals surface area contributed by atoms with E-state index in [1.165, 1.54) is 18.8 Å². The topological polar surface area (TPSA) is 170 Å². The van der Waals surface area contributed by atoms with E-state index < -0.39 is 11.6 Å². The zero-order chi connectivity index (χ0) is 28.6. The van der Waals surface area contributed by atoms with E-state index in [0.717, 1.165) is 11.1 Å². The van der Waals surface area contributed by atoms with Gasteiger partial charge in [-0.2, -0.15) is 4.68 Å². The molecular formula is C28H31N7O5. The van der Waals surface area contributed by atoms with Crippen molar-refractivity contribution in [2.24, 2.45) is 5.73 Å². The minimum Gasteiger partial charge on any atom is -0.493 e. The van der Waals surface area contributed by atoms with E-state index in [0.29, 0.717) is 41.7 Å². The van der Waals surface area contributed by atoms with Crippen molar-refractivity contribution in [1.82, 2.24) is 25.1 Å². The maximum absolute atomic E-state index is 13.0. The predicted octanol–water partition coefficient (Wildman–Crippen LogP) is 2.15. The fourth-order valence-corrected chi connectivity index (χ4v) is 4.11. The molecule has 12 heteroatoms. The summed E-state index contributed by atoms with van der Waals surface area (Å²) in [5, 5.41) is 14.8. The van der Waals surface area contributed by atoms with Crippen LogP contribution in [0.4, 0.5) is 0 Å². The first-order valence-corrected chi connectivity index (χ1v) is 12.6. The second-order valence-corrected chi connectivity index (χ2v) is 8.72.